The first-order valence-electron chi connectivity index (χ1n) is 13.1. The topological polar surface area (TPSA) is 104 Å². The molecule has 40 heavy (non-hydrogen) atoms. The van der Waals surface area contributed by atoms with Gasteiger partial charge in [-0.25, -0.2) is 0 Å². The summed E-state index contributed by atoms with van der Waals surface area (Å²) in [6.07, 6.45) is 3.47. The first-order chi connectivity index (χ1) is 19.6. The van der Waals surface area contributed by atoms with Crippen molar-refractivity contribution in [3.63, 3.8) is 0 Å². The third kappa shape index (κ3) is 8.25. The molecule has 0 saturated carbocycles. The Morgan fingerprint density at radius 3 is 2.25 bits per heavy atom. The molecule has 2 amide bonds. The number of ether oxygens (including phenoxy) is 5. The van der Waals surface area contributed by atoms with Crippen molar-refractivity contribution in [3.05, 3.63) is 89.6 Å². The van der Waals surface area contributed by atoms with Crippen LogP contribution in [0.2, 0.25) is 0 Å². The van der Waals surface area contributed by atoms with Gasteiger partial charge in [0.15, 0.2) is 11.5 Å². The van der Waals surface area contributed by atoms with Crippen LogP contribution in [-0.4, -0.2) is 58.5 Å². The Kier molecular flexibility index (Phi) is 10.4. The monoisotopic (exact) mass is 546 g/mol. The van der Waals surface area contributed by atoms with Crippen molar-refractivity contribution in [2.75, 3.05) is 40.6 Å². The van der Waals surface area contributed by atoms with Crippen LogP contribution in [0.15, 0.2) is 78.5 Å². The van der Waals surface area contributed by atoms with Gasteiger partial charge in [0.1, 0.15) is 30.4 Å². The maximum atomic E-state index is 13.1. The lowest BCUT2D eigenvalue weighted by Crippen LogP contribution is -2.38. The molecule has 3 aromatic rings. The molecule has 1 fully saturated rings. The van der Waals surface area contributed by atoms with Gasteiger partial charge in [-0.15, -0.1) is 0 Å². The Hall–Kier alpha value is -4.50. The van der Waals surface area contributed by atoms with Crippen molar-refractivity contribution in [2.24, 2.45) is 0 Å². The number of carbonyl (C=O) groups is 2. The number of rotatable bonds is 13. The molecule has 0 bridgehead atoms. The molecule has 210 valence electrons. The molecule has 3 aromatic carbocycles. The average Bonchev–Trinajstić information content (AvgIpc) is 3.52. The Balaban J connectivity index is 1.38. The van der Waals surface area contributed by atoms with Gasteiger partial charge in [-0.1, -0.05) is 24.3 Å². The number of para-hydroxylation sites is 2. The third-order valence-corrected chi connectivity index (χ3v) is 6.23. The summed E-state index contributed by atoms with van der Waals surface area (Å²) in [5.41, 5.74) is 1.24. The highest BCUT2D eigenvalue weighted by molar-refractivity contribution is 6.05. The highest BCUT2D eigenvalue weighted by Crippen LogP contribution is 2.25. The summed E-state index contributed by atoms with van der Waals surface area (Å²) in [5, 5.41) is 5.62. The van der Waals surface area contributed by atoms with E-state index in [1.165, 1.54) is 0 Å². The molecule has 1 saturated heterocycles. The summed E-state index contributed by atoms with van der Waals surface area (Å²) >= 11 is 0. The normalized spacial score (nSPS) is 14.8. The van der Waals surface area contributed by atoms with Gasteiger partial charge in [-0.2, -0.15) is 0 Å². The maximum absolute atomic E-state index is 13.1. The Morgan fingerprint density at radius 1 is 0.875 bits per heavy atom. The fourth-order valence-corrected chi connectivity index (χ4v) is 4.08. The van der Waals surface area contributed by atoms with Crippen molar-refractivity contribution in [1.29, 1.82) is 0 Å². The molecule has 4 rings (SSSR count). The van der Waals surface area contributed by atoms with E-state index in [4.69, 9.17) is 23.7 Å². The summed E-state index contributed by atoms with van der Waals surface area (Å²) < 4.78 is 27.6. The SMILES string of the molecule is COc1ccc(C(=O)N/C(=C/c2ccc(OCCOc3ccccc3OC)cc2)C(=O)NC[C@@H]2CCCO2)cc1. The average molecular weight is 547 g/mol. The second-order valence-corrected chi connectivity index (χ2v) is 9.00. The molecule has 9 heteroatoms. The number of benzene rings is 3. The lowest BCUT2D eigenvalue weighted by Gasteiger charge is -2.14. The molecule has 1 aliphatic rings. The Bertz CT molecular complexity index is 1280. The zero-order valence-corrected chi connectivity index (χ0v) is 22.7. The van der Waals surface area contributed by atoms with Crippen LogP contribution in [0.4, 0.5) is 0 Å². The molecular formula is C31H34N2O7. The largest absolute Gasteiger partial charge is 0.497 e. The number of amides is 2. The van der Waals surface area contributed by atoms with Gasteiger partial charge in [-0.3, -0.25) is 9.59 Å². The maximum Gasteiger partial charge on any atom is 0.267 e. The minimum atomic E-state index is -0.406. The zero-order chi connectivity index (χ0) is 28.2. The highest BCUT2D eigenvalue weighted by Gasteiger charge is 2.19. The molecule has 1 heterocycles. The summed E-state index contributed by atoms with van der Waals surface area (Å²) in [4.78, 5) is 26.0. The number of carbonyl (C=O) groups excluding carboxylic acids is 2. The van der Waals surface area contributed by atoms with E-state index in [0.717, 1.165) is 18.4 Å². The van der Waals surface area contributed by atoms with Gasteiger partial charge < -0.3 is 34.3 Å². The van der Waals surface area contributed by atoms with Crippen LogP contribution in [0.5, 0.6) is 23.0 Å². The van der Waals surface area contributed by atoms with Crippen molar-refractivity contribution in [1.82, 2.24) is 10.6 Å². The van der Waals surface area contributed by atoms with Gasteiger partial charge in [0, 0.05) is 18.7 Å². The van der Waals surface area contributed by atoms with Crippen LogP contribution in [-0.2, 0) is 9.53 Å². The lowest BCUT2D eigenvalue weighted by molar-refractivity contribution is -0.118. The van der Waals surface area contributed by atoms with Crippen molar-refractivity contribution in [3.8, 4) is 23.0 Å². The molecular weight excluding hydrogens is 512 g/mol. The van der Waals surface area contributed by atoms with Crippen molar-refractivity contribution >= 4 is 17.9 Å². The number of methoxy groups -OCH3 is 2. The van der Waals surface area contributed by atoms with Gasteiger partial charge in [-0.05, 0) is 73.0 Å². The van der Waals surface area contributed by atoms with Crippen LogP contribution < -0.4 is 29.6 Å². The highest BCUT2D eigenvalue weighted by atomic mass is 16.5. The molecule has 2 N–H and O–H groups in total. The minimum Gasteiger partial charge on any atom is -0.497 e. The smallest absolute Gasteiger partial charge is 0.267 e. The second kappa shape index (κ2) is 14.6. The molecule has 0 unspecified atom stereocenters. The van der Waals surface area contributed by atoms with E-state index in [9.17, 15) is 9.59 Å². The van der Waals surface area contributed by atoms with Crippen LogP contribution in [0.3, 0.4) is 0 Å². The molecule has 9 nitrogen and oxygen atoms in total. The predicted molar refractivity (Wildman–Crippen MR) is 151 cm³/mol. The zero-order valence-electron chi connectivity index (χ0n) is 22.7. The molecule has 0 radical (unpaired) electrons. The van der Waals surface area contributed by atoms with Gasteiger partial charge >= 0.3 is 0 Å². The number of hydrogen-bond acceptors (Lipinski definition) is 7. The van der Waals surface area contributed by atoms with Gasteiger partial charge in [0.25, 0.3) is 11.8 Å². The van der Waals surface area contributed by atoms with E-state index in [-0.39, 0.29) is 11.8 Å². The van der Waals surface area contributed by atoms with Crippen LogP contribution in [0.25, 0.3) is 6.08 Å². The number of nitrogens with one attached hydrogen (secondary N) is 2. The standard InChI is InChI=1S/C31H34N2O7/c1-36-24-15-11-23(12-16-24)30(34)33-27(31(35)32-21-26-6-5-17-38-26)20-22-9-13-25(14-10-22)39-18-19-40-29-8-4-3-7-28(29)37-2/h3-4,7-16,20,26H,5-6,17-19,21H2,1-2H3,(H,32,35)(H,33,34)/b27-20+/t26-/m0/s1. The van der Waals surface area contributed by atoms with E-state index in [1.807, 2.05) is 36.4 Å². The number of hydrogen-bond donors (Lipinski definition) is 2. The predicted octanol–water partition coefficient (Wildman–Crippen LogP) is 4.23. The molecule has 0 aromatic heterocycles. The van der Waals surface area contributed by atoms with E-state index >= 15 is 0 Å². The minimum absolute atomic E-state index is 0.0223. The van der Waals surface area contributed by atoms with E-state index in [2.05, 4.69) is 10.6 Å². The Morgan fingerprint density at radius 2 is 1.57 bits per heavy atom. The fraction of sp³-hybridized carbons (Fsp3) is 0.290. The fourth-order valence-electron chi connectivity index (χ4n) is 4.08. The van der Waals surface area contributed by atoms with Crippen molar-refractivity contribution in [2.45, 2.75) is 18.9 Å². The van der Waals surface area contributed by atoms with Crippen molar-refractivity contribution < 1.29 is 33.3 Å². The second-order valence-electron chi connectivity index (χ2n) is 9.00. The first-order valence-corrected chi connectivity index (χ1v) is 13.1. The first kappa shape index (κ1) is 28.5. The van der Waals surface area contributed by atoms with Gasteiger partial charge in [0.2, 0.25) is 0 Å². The van der Waals surface area contributed by atoms with Crippen LogP contribution in [0, 0.1) is 0 Å². The van der Waals surface area contributed by atoms with E-state index < -0.39 is 11.8 Å². The lowest BCUT2D eigenvalue weighted by atomic mass is 10.1. The molecule has 0 spiro atoms. The molecule has 0 aliphatic carbocycles. The Labute approximate surface area is 234 Å². The summed E-state index contributed by atoms with van der Waals surface area (Å²) in [5.74, 6) is 1.79. The summed E-state index contributed by atoms with van der Waals surface area (Å²) in [6.45, 7) is 1.74. The van der Waals surface area contributed by atoms with Gasteiger partial charge in [0.05, 0.1) is 20.3 Å². The molecule has 1 aliphatic heterocycles. The van der Waals surface area contributed by atoms with E-state index in [0.29, 0.717) is 54.9 Å². The summed E-state index contributed by atoms with van der Waals surface area (Å²) in [6, 6.07) is 21.3. The summed E-state index contributed by atoms with van der Waals surface area (Å²) in [7, 11) is 3.15. The quantitative estimate of drug-likeness (QED) is 0.244. The van der Waals surface area contributed by atoms with Crippen LogP contribution in [0.1, 0.15) is 28.8 Å². The molecule has 1 atom stereocenters. The van der Waals surface area contributed by atoms with E-state index in [1.54, 1.807) is 56.7 Å². The van der Waals surface area contributed by atoms with Crippen LogP contribution >= 0.6 is 0 Å². The third-order valence-electron chi connectivity index (χ3n) is 6.23.